The van der Waals surface area contributed by atoms with Crippen LogP contribution in [0.15, 0.2) is 59.5 Å². The number of hydrogen-bond donors (Lipinski definition) is 1. The van der Waals surface area contributed by atoms with Gasteiger partial charge in [0.15, 0.2) is 0 Å². The van der Waals surface area contributed by atoms with Crippen molar-refractivity contribution in [3.05, 3.63) is 70.3 Å². The van der Waals surface area contributed by atoms with Crippen molar-refractivity contribution in [2.45, 2.75) is 14.1 Å². The molecule has 0 spiro atoms. The van der Waals surface area contributed by atoms with Crippen LogP contribution >= 0.6 is 46.6 Å². The molecule has 2 aromatic rings. The van der Waals surface area contributed by atoms with E-state index in [0.717, 1.165) is 16.7 Å². The molecule has 24 heavy (non-hydrogen) atoms. The Morgan fingerprint density at radius 3 is 2.25 bits per heavy atom. The molecule has 0 saturated carbocycles. The van der Waals surface area contributed by atoms with Crippen molar-refractivity contribution < 1.29 is 9.72 Å². The van der Waals surface area contributed by atoms with Crippen LogP contribution in [0.4, 0.5) is 5.69 Å². The Morgan fingerprint density at radius 1 is 1.08 bits per heavy atom. The highest BCUT2D eigenvalue weighted by Gasteiger charge is 2.36. The maximum Gasteiger partial charge on any atom is 0.282 e. The summed E-state index contributed by atoms with van der Waals surface area (Å²) in [6, 6.07) is 14.6. The third-order valence-electron chi connectivity index (χ3n) is 2.90. The zero-order valence-electron chi connectivity index (χ0n) is 12.0. The minimum atomic E-state index is -1.81. The molecule has 2 rings (SSSR count). The van der Waals surface area contributed by atoms with Crippen molar-refractivity contribution in [2.75, 3.05) is 0 Å². The zero-order valence-corrected chi connectivity index (χ0v) is 15.1. The number of hydrogen-bond acceptors (Lipinski definition) is 4. The SMILES string of the molecule is O=C(NC(Sc1ccccc1)C(Cl)(Cl)Cl)c1ccccc1[N+](=O)[O-]. The predicted octanol–water partition coefficient (Wildman–Crippen LogP) is 4.81. The number of rotatable bonds is 5. The molecule has 0 saturated heterocycles. The van der Waals surface area contributed by atoms with Gasteiger partial charge in [-0.2, -0.15) is 0 Å². The number of benzene rings is 2. The number of alkyl halides is 3. The van der Waals surface area contributed by atoms with Crippen molar-refractivity contribution in [1.82, 2.24) is 5.32 Å². The van der Waals surface area contributed by atoms with Gasteiger partial charge in [-0.3, -0.25) is 14.9 Å². The van der Waals surface area contributed by atoms with Crippen molar-refractivity contribution in [3.8, 4) is 0 Å². The molecule has 0 fully saturated rings. The van der Waals surface area contributed by atoms with Crippen molar-refractivity contribution in [2.24, 2.45) is 0 Å². The lowest BCUT2D eigenvalue weighted by atomic mass is 10.1. The highest BCUT2D eigenvalue weighted by atomic mass is 35.6. The van der Waals surface area contributed by atoms with Crippen LogP contribution in [0.25, 0.3) is 0 Å². The summed E-state index contributed by atoms with van der Waals surface area (Å²) in [5.41, 5.74) is -0.418. The normalized spacial score (nSPS) is 12.5. The van der Waals surface area contributed by atoms with Gasteiger partial charge in [-0.25, -0.2) is 0 Å². The lowest BCUT2D eigenvalue weighted by Crippen LogP contribution is -2.41. The monoisotopic (exact) mass is 404 g/mol. The number of nitrogens with one attached hydrogen (secondary N) is 1. The summed E-state index contributed by atoms with van der Waals surface area (Å²) in [4.78, 5) is 23.6. The molecule has 0 heterocycles. The minimum absolute atomic E-state index is 0.101. The molecule has 0 aromatic heterocycles. The summed E-state index contributed by atoms with van der Waals surface area (Å²) in [5, 5.41) is 12.6. The Labute approximate surface area is 157 Å². The van der Waals surface area contributed by atoms with Crippen LogP contribution in [0.3, 0.4) is 0 Å². The van der Waals surface area contributed by atoms with E-state index in [0.29, 0.717) is 0 Å². The maximum absolute atomic E-state index is 12.4. The summed E-state index contributed by atoms with van der Waals surface area (Å²) in [7, 11) is 0. The highest BCUT2D eigenvalue weighted by Crippen LogP contribution is 2.39. The summed E-state index contributed by atoms with van der Waals surface area (Å²) in [5.74, 6) is -0.693. The molecule has 1 amide bonds. The van der Waals surface area contributed by atoms with Crippen LogP contribution in [0, 0.1) is 10.1 Å². The fraction of sp³-hybridized carbons (Fsp3) is 0.133. The average molecular weight is 406 g/mol. The molecule has 126 valence electrons. The van der Waals surface area contributed by atoms with Crippen molar-refractivity contribution in [3.63, 3.8) is 0 Å². The van der Waals surface area contributed by atoms with Crippen molar-refractivity contribution in [1.29, 1.82) is 0 Å². The molecule has 9 heteroatoms. The number of carbonyl (C=O) groups excluding carboxylic acids is 1. The van der Waals surface area contributed by atoms with E-state index in [-0.39, 0.29) is 11.3 Å². The molecule has 1 unspecified atom stereocenters. The quantitative estimate of drug-likeness (QED) is 0.255. The van der Waals surface area contributed by atoms with Gasteiger partial charge >= 0.3 is 0 Å². The first-order valence-corrected chi connectivity index (χ1v) is 8.63. The van der Waals surface area contributed by atoms with E-state index in [2.05, 4.69) is 5.32 Å². The Hall–Kier alpha value is -1.47. The Kier molecular flexibility index (Phi) is 6.34. The lowest BCUT2D eigenvalue weighted by Gasteiger charge is -2.25. The first-order valence-electron chi connectivity index (χ1n) is 6.62. The van der Waals surface area contributed by atoms with Gasteiger partial charge in [0, 0.05) is 11.0 Å². The van der Waals surface area contributed by atoms with Gasteiger partial charge < -0.3 is 5.32 Å². The second-order valence-electron chi connectivity index (χ2n) is 4.60. The number of amides is 1. The molecule has 1 atom stereocenters. The Bertz CT molecular complexity index is 738. The van der Waals surface area contributed by atoms with Gasteiger partial charge in [0.05, 0.1) is 4.92 Å². The molecular weight excluding hydrogens is 395 g/mol. The summed E-state index contributed by atoms with van der Waals surface area (Å²) >= 11 is 19.0. The summed E-state index contributed by atoms with van der Waals surface area (Å²) < 4.78 is -1.81. The molecular formula is C15H11Cl3N2O3S. The van der Waals surface area contributed by atoms with E-state index < -0.39 is 20.0 Å². The molecule has 0 aliphatic rings. The fourth-order valence-corrected chi connectivity index (χ4v) is 3.29. The van der Waals surface area contributed by atoms with E-state index in [1.165, 1.54) is 24.3 Å². The number of nitro groups is 1. The molecule has 1 N–H and O–H groups in total. The fourth-order valence-electron chi connectivity index (χ4n) is 1.83. The molecule has 0 radical (unpaired) electrons. The third kappa shape index (κ3) is 5.01. The number of nitro benzene ring substituents is 1. The summed E-state index contributed by atoms with van der Waals surface area (Å²) in [6.45, 7) is 0. The van der Waals surface area contributed by atoms with Crippen LogP contribution in [-0.2, 0) is 0 Å². The molecule has 0 aliphatic carbocycles. The van der Waals surface area contributed by atoms with Crippen LogP contribution in [0.5, 0.6) is 0 Å². The number of nitrogens with zero attached hydrogens (tertiary/aromatic N) is 1. The Morgan fingerprint density at radius 2 is 1.67 bits per heavy atom. The molecule has 0 aliphatic heterocycles. The first kappa shape index (κ1) is 18.9. The molecule has 2 aromatic carbocycles. The largest absolute Gasteiger partial charge is 0.336 e. The van der Waals surface area contributed by atoms with E-state index in [1.807, 2.05) is 18.2 Å². The van der Waals surface area contributed by atoms with E-state index in [4.69, 9.17) is 34.8 Å². The highest BCUT2D eigenvalue weighted by molar-refractivity contribution is 8.00. The van der Waals surface area contributed by atoms with Crippen LogP contribution in [0.1, 0.15) is 10.4 Å². The molecule has 5 nitrogen and oxygen atoms in total. The van der Waals surface area contributed by atoms with E-state index in [9.17, 15) is 14.9 Å². The van der Waals surface area contributed by atoms with Crippen molar-refractivity contribution >= 4 is 58.2 Å². The van der Waals surface area contributed by atoms with Gasteiger partial charge in [-0.1, -0.05) is 76.9 Å². The van der Waals surface area contributed by atoms with Gasteiger partial charge in [0.1, 0.15) is 10.9 Å². The number of para-hydroxylation sites is 1. The number of thioether (sulfide) groups is 1. The summed E-state index contributed by atoms with van der Waals surface area (Å²) in [6.07, 6.45) is 0. The first-order chi connectivity index (χ1) is 11.3. The van der Waals surface area contributed by atoms with Gasteiger partial charge in [-0.05, 0) is 18.2 Å². The van der Waals surface area contributed by atoms with Gasteiger partial charge in [0.25, 0.3) is 11.6 Å². The minimum Gasteiger partial charge on any atom is -0.336 e. The lowest BCUT2D eigenvalue weighted by molar-refractivity contribution is -0.385. The van der Waals surface area contributed by atoms with Crippen LogP contribution < -0.4 is 5.32 Å². The average Bonchev–Trinajstić information content (AvgIpc) is 2.54. The molecule has 0 bridgehead atoms. The number of halogens is 3. The Balaban J connectivity index is 2.24. The zero-order chi connectivity index (χ0) is 17.7. The standard InChI is InChI=1S/C15H11Cl3N2O3S/c16-15(17,18)14(24-10-6-2-1-3-7-10)19-13(21)11-8-4-5-9-12(11)20(22)23/h1-9,14H,(H,19,21). The van der Waals surface area contributed by atoms with Crippen LogP contribution in [-0.4, -0.2) is 20.0 Å². The predicted molar refractivity (Wildman–Crippen MR) is 96.9 cm³/mol. The van der Waals surface area contributed by atoms with Gasteiger partial charge in [-0.15, -0.1) is 0 Å². The van der Waals surface area contributed by atoms with E-state index in [1.54, 1.807) is 12.1 Å². The third-order valence-corrected chi connectivity index (χ3v) is 5.20. The second kappa shape index (κ2) is 8.07. The maximum atomic E-state index is 12.4. The van der Waals surface area contributed by atoms with E-state index >= 15 is 0 Å². The number of carbonyl (C=O) groups is 1. The smallest absolute Gasteiger partial charge is 0.282 e. The van der Waals surface area contributed by atoms with Crippen LogP contribution in [0.2, 0.25) is 0 Å². The second-order valence-corrected chi connectivity index (χ2v) is 8.15. The van der Waals surface area contributed by atoms with Gasteiger partial charge in [0.2, 0.25) is 3.79 Å². The topological polar surface area (TPSA) is 72.2 Å².